The maximum Gasteiger partial charge on any atom is 0.180 e. The molecule has 0 radical (unpaired) electrons. The fourth-order valence-corrected chi connectivity index (χ4v) is 2.14. The largest absolute Gasteiger partial charge is 0.493 e. The van der Waals surface area contributed by atoms with E-state index in [9.17, 15) is 0 Å². The lowest BCUT2D eigenvalue weighted by Crippen LogP contribution is -2.00. The van der Waals surface area contributed by atoms with Gasteiger partial charge in [-0.3, -0.25) is 4.98 Å². The Morgan fingerprint density at radius 3 is 2.70 bits per heavy atom. The minimum Gasteiger partial charge on any atom is -0.493 e. The molecule has 0 atom stereocenters. The second-order valence-electron chi connectivity index (χ2n) is 4.02. The molecule has 6 heteroatoms. The Labute approximate surface area is 126 Å². The molecule has 2 rings (SSSR count). The Kier molecular flexibility index (Phi) is 5.06. The van der Waals surface area contributed by atoms with Crippen LogP contribution in [0.5, 0.6) is 11.5 Å². The first kappa shape index (κ1) is 14.9. The molecular formula is C14H13Cl2NO3. The Morgan fingerprint density at radius 2 is 2.05 bits per heavy atom. The molecule has 0 aliphatic heterocycles. The summed E-state index contributed by atoms with van der Waals surface area (Å²) >= 11 is 12.1. The SMILES string of the molecule is COc1cc(CO)cc(Cl)c1OCc1ccncc1Cl. The summed E-state index contributed by atoms with van der Waals surface area (Å²) in [5, 5.41) is 10.0. The van der Waals surface area contributed by atoms with Crippen molar-refractivity contribution in [3.8, 4) is 11.5 Å². The minimum atomic E-state index is -0.119. The van der Waals surface area contributed by atoms with Crippen LogP contribution in [0.15, 0.2) is 30.6 Å². The number of benzene rings is 1. The van der Waals surface area contributed by atoms with Crippen LogP contribution in [0.4, 0.5) is 0 Å². The smallest absolute Gasteiger partial charge is 0.180 e. The van der Waals surface area contributed by atoms with Gasteiger partial charge in [-0.25, -0.2) is 0 Å². The quantitative estimate of drug-likeness (QED) is 0.918. The molecule has 0 spiro atoms. The third-order valence-electron chi connectivity index (χ3n) is 2.70. The maximum atomic E-state index is 9.14. The van der Waals surface area contributed by atoms with Crippen molar-refractivity contribution in [1.29, 1.82) is 0 Å². The van der Waals surface area contributed by atoms with Gasteiger partial charge >= 0.3 is 0 Å². The highest BCUT2D eigenvalue weighted by Gasteiger charge is 2.12. The van der Waals surface area contributed by atoms with Gasteiger partial charge in [0.2, 0.25) is 0 Å². The van der Waals surface area contributed by atoms with Gasteiger partial charge in [0.05, 0.1) is 23.8 Å². The summed E-state index contributed by atoms with van der Waals surface area (Å²) in [5.41, 5.74) is 1.45. The molecule has 4 nitrogen and oxygen atoms in total. The molecule has 0 saturated heterocycles. The van der Waals surface area contributed by atoms with E-state index in [1.165, 1.54) is 7.11 Å². The van der Waals surface area contributed by atoms with Crippen LogP contribution < -0.4 is 9.47 Å². The van der Waals surface area contributed by atoms with Crippen molar-refractivity contribution in [1.82, 2.24) is 4.98 Å². The second kappa shape index (κ2) is 6.79. The third-order valence-corrected chi connectivity index (χ3v) is 3.32. The zero-order valence-corrected chi connectivity index (χ0v) is 12.3. The van der Waals surface area contributed by atoms with Crippen LogP contribution >= 0.6 is 23.2 Å². The summed E-state index contributed by atoms with van der Waals surface area (Å²) in [6.07, 6.45) is 3.19. The summed E-state index contributed by atoms with van der Waals surface area (Å²) < 4.78 is 10.9. The molecule has 1 heterocycles. The number of pyridine rings is 1. The lowest BCUT2D eigenvalue weighted by atomic mass is 10.2. The van der Waals surface area contributed by atoms with Crippen LogP contribution in [-0.4, -0.2) is 17.2 Å². The molecule has 0 saturated carbocycles. The van der Waals surface area contributed by atoms with E-state index in [2.05, 4.69) is 4.98 Å². The molecule has 2 aromatic rings. The van der Waals surface area contributed by atoms with E-state index in [0.29, 0.717) is 27.1 Å². The second-order valence-corrected chi connectivity index (χ2v) is 4.84. The molecule has 0 fully saturated rings. The number of methoxy groups -OCH3 is 1. The van der Waals surface area contributed by atoms with Crippen molar-refractivity contribution >= 4 is 23.2 Å². The number of aromatic nitrogens is 1. The van der Waals surface area contributed by atoms with Crippen LogP contribution in [0.1, 0.15) is 11.1 Å². The van der Waals surface area contributed by atoms with Gasteiger partial charge in [-0.05, 0) is 23.8 Å². The summed E-state index contributed by atoms with van der Waals surface area (Å²) in [7, 11) is 1.51. The monoisotopic (exact) mass is 313 g/mol. The van der Waals surface area contributed by atoms with E-state index < -0.39 is 0 Å². The van der Waals surface area contributed by atoms with Crippen molar-refractivity contribution in [2.45, 2.75) is 13.2 Å². The van der Waals surface area contributed by atoms with Crippen LogP contribution in [0.2, 0.25) is 10.0 Å². The van der Waals surface area contributed by atoms with Gasteiger partial charge in [0, 0.05) is 18.0 Å². The van der Waals surface area contributed by atoms with Crippen LogP contribution in [-0.2, 0) is 13.2 Å². The van der Waals surface area contributed by atoms with Gasteiger partial charge in [-0.2, -0.15) is 0 Å². The van der Waals surface area contributed by atoms with Gasteiger partial charge in [0.1, 0.15) is 6.61 Å². The molecule has 1 N–H and O–H groups in total. The average molecular weight is 314 g/mol. The zero-order valence-electron chi connectivity index (χ0n) is 10.8. The number of nitrogens with zero attached hydrogens (tertiary/aromatic N) is 1. The Bertz CT molecular complexity index is 605. The summed E-state index contributed by atoms with van der Waals surface area (Å²) in [5.74, 6) is 0.881. The molecule has 0 aliphatic rings. The molecular weight excluding hydrogens is 301 g/mol. The van der Waals surface area contributed by atoms with Gasteiger partial charge in [-0.15, -0.1) is 0 Å². The van der Waals surface area contributed by atoms with Crippen molar-refractivity contribution in [2.75, 3.05) is 7.11 Å². The number of aliphatic hydroxyl groups excluding tert-OH is 1. The molecule has 1 aromatic carbocycles. The third kappa shape index (κ3) is 3.33. The molecule has 0 amide bonds. The highest BCUT2D eigenvalue weighted by Crippen LogP contribution is 2.37. The highest BCUT2D eigenvalue weighted by molar-refractivity contribution is 6.32. The van der Waals surface area contributed by atoms with Crippen molar-refractivity contribution < 1.29 is 14.6 Å². The topological polar surface area (TPSA) is 51.6 Å². The van der Waals surface area contributed by atoms with Gasteiger partial charge < -0.3 is 14.6 Å². The number of rotatable bonds is 5. The van der Waals surface area contributed by atoms with Crippen molar-refractivity contribution in [2.24, 2.45) is 0 Å². The Balaban J connectivity index is 2.23. The standard InChI is InChI=1S/C14H13Cl2NO3/c1-19-13-5-9(7-18)4-11(15)14(13)20-8-10-2-3-17-6-12(10)16/h2-6,18H,7-8H2,1H3. The van der Waals surface area contributed by atoms with Crippen molar-refractivity contribution in [3.63, 3.8) is 0 Å². The maximum absolute atomic E-state index is 9.14. The van der Waals surface area contributed by atoms with Crippen LogP contribution in [0.25, 0.3) is 0 Å². The molecule has 20 heavy (non-hydrogen) atoms. The molecule has 0 unspecified atom stereocenters. The number of hydrogen-bond donors (Lipinski definition) is 1. The Hall–Kier alpha value is -1.49. The summed E-state index contributed by atoms with van der Waals surface area (Å²) in [4.78, 5) is 3.91. The molecule has 0 aliphatic carbocycles. The zero-order chi connectivity index (χ0) is 14.5. The fraction of sp³-hybridized carbons (Fsp3) is 0.214. The van der Waals surface area contributed by atoms with Gasteiger partial charge in [0.25, 0.3) is 0 Å². The van der Waals surface area contributed by atoms with Crippen molar-refractivity contribution in [3.05, 3.63) is 51.8 Å². The summed E-state index contributed by atoms with van der Waals surface area (Å²) in [6, 6.07) is 5.08. The lowest BCUT2D eigenvalue weighted by Gasteiger charge is -2.14. The van der Waals surface area contributed by atoms with Crippen LogP contribution in [0.3, 0.4) is 0 Å². The van der Waals surface area contributed by atoms with E-state index >= 15 is 0 Å². The van der Waals surface area contributed by atoms with E-state index in [1.54, 1.807) is 30.6 Å². The highest BCUT2D eigenvalue weighted by atomic mass is 35.5. The number of ether oxygens (including phenoxy) is 2. The molecule has 1 aromatic heterocycles. The van der Waals surface area contributed by atoms with Gasteiger partial charge in [0.15, 0.2) is 11.5 Å². The summed E-state index contributed by atoms with van der Waals surface area (Å²) in [6.45, 7) is 0.127. The first-order valence-corrected chi connectivity index (χ1v) is 6.59. The number of aliphatic hydroxyl groups is 1. The minimum absolute atomic E-state index is 0.119. The number of hydrogen-bond acceptors (Lipinski definition) is 4. The average Bonchev–Trinajstić information content (AvgIpc) is 2.46. The van der Waals surface area contributed by atoms with E-state index in [0.717, 1.165) is 5.56 Å². The Morgan fingerprint density at radius 1 is 1.25 bits per heavy atom. The normalized spacial score (nSPS) is 10.4. The molecule has 106 valence electrons. The predicted octanol–water partition coefficient (Wildman–Crippen LogP) is 3.47. The first-order chi connectivity index (χ1) is 9.65. The number of halogens is 2. The van der Waals surface area contributed by atoms with E-state index in [4.69, 9.17) is 37.8 Å². The van der Waals surface area contributed by atoms with E-state index in [-0.39, 0.29) is 13.2 Å². The molecule has 0 bridgehead atoms. The lowest BCUT2D eigenvalue weighted by molar-refractivity contribution is 0.274. The first-order valence-electron chi connectivity index (χ1n) is 5.84. The van der Waals surface area contributed by atoms with Gasteiger partial charge in [-0.1, -0.05) is 23.2 Å². The van der Waals surface area contributed by atoms with Crippen LogP contribution in [0, 0.1) is 0 Å². The van der Waals surface area contributed by atoms with E-state index in [1.807, 2.05) is 0 Å². The fourth-order valence-electron chi connectivity index (χ4n) is 1.68. The predicted molar refractivity (Wildman–Crippen MR) is 77.5 cm³/mol.